The summed E-state index contributed by atoms with van der Waals surface area (Å²) in [6.07, 6.45) is 3.35. The van der Waals surface area contributed by atoms with Crippen LogP contribution in [0.1, 0.15) is 61.5 Å². The van der Waals surface area contributed by atoms with E-state index in [9.17, 15) is 9.59 Å². The van der Waals surface area contributed by atoms with Crippen LogP contribution in [0.5, 0.6) is 5.75 Å². The lowest BCUT2D eigenvalue weighted by Crippen LogP contribution is -2.37. The summed E-state index contributed by atoms with van der Waals surface area (Å²) in [5.74, 6) is 0.920. The molecule has 2 aliphatic rings. The summed E-state index contributed by atoms with van der Waals surface area (Å²) in [5.41, 5.74) is 3.24. The first-order valence-electron chi connectivity index (χ1n) is 12.1. The molecule has 4 rings (SSSR count). The van der Waals surface area contributed by atoms with E-state index in [2.05, 4.69) is 31.0 Å². The molecule has 2 bridgehead atoms. The number of amides is 3. The average Bonchev–Trinajstić information content (AvgIpc) is 3.06. The number of hydrogen-bond donors (Lipinski definition) is 1. The number of urea groups is 1. The molecule has 2 unspecified atom stereocenters. The normalized spacial score (nSPS) is 22.9. The van der Waals surface area contributed by atoms with Crippen molar-refractivity contribution in [2.75, 3.05) is 20.7 Å². The minimum Gasteiger partial charge on any atom is -0.497 e. The van der Waals surface area contributed by atoms with Crippen molar-refractivity contribution in [2.45, 2.75) is 59.2 Å². The van der Waals surface area contributed by atoms with Gasteiger partial charge < -0.3 is 19.9 Å². The molecule has 1 aliphatic carbocycles. The van der Waals surface area contributed by atoms with Gasteiger partial charge in [-0.05, 0) is 65.5 Å². The van der Waals surface area contributed by atoms with Crippen LogP contribution in [0.25, 0.3) is 0 Å². The zero-order valence-corrected chi connectivity index (χ0v) is 21.1. The van der Waals surface area contributed by atoms with Gasteiger partial charge in [0.1, 0.15) is 5.75 Å². The smallest absolute Gasteiger partial charge is 0.317 e. The Morgan fingerprint density at radius 1 is 1.03 bits per heavy atom. The molecule has 2 fully saturated rings. The number of fused-ring (bicyclic) bond motifs is 2. The standard InChI is InChI=1S/C28H37N3O3/c1-27(2)14-23-15-28(3,18-27)19-31(23)25(32)22-10-6-21(7-11-22)17-30(4)26(33)29-16-20-8-12-24(34-5)13-9-20/h6-13,23H,14-19H2,1-5H3,(H,29,33). The minimum absolute atomic E-state index is 0.128. The lowest BCUT2D eigenvalue weighted by Gasteiger charge is -2.39. The van der Waals surface area contributed by atoms with Crippen molar-refractivity contribution >= 4 is 11.9 Å². The Kier molecular flexibility index (Phi) is 6.61. The van der Waals surface area contributed by atoms with Gasteiger partial charge in [0.05, 0.1) is 7.11 Å². The lowest BCUT2D eigenvalue weighted by molar-refractivity contribution is 0.0708. The fraction of sp³-hybridized carbons (Fsp3) is 0.500. The van der Waals surface area contributed by atoms with E-state index in [-0.39, 0.29) is 22.8 Å². The highest BCUT2D eigenvalue weighted by molar-refractivity contribution is 5.94. The molecule has 2 atom stereocenters. The zero-order valence-electron chi connectivity index (χ0n) is 21.1. The van der Waals surface area contributed by atoms with E-state index in [1.54, 1.807) is 19.1 Å². The Hall–Kier alpha value is -3.02. The molecule has 34 heavy (non-hydrogen) atoms. The van der Waals surface area contributed by atoms with Gasteiger partial charge in [0.2, 0.25) is 0 Å². The highest BCUT2D eigenvalue weighted by Crippen LogP contribution is 2.52. The summed E-state index contributed by atoms with van der Waals surface area (Å²) in [6.45, 7) is 8.74. The maximum absolute atomic E-state index is 13.3. The third-order valence-corrected chi connectivity index (χ3v) is 7.25. The Labute approximate surface area is 203 Å². The highest BCUT2D eigenvalue weighted by Gasteiger charge is 2.50. The second-order valence-corrected chi connectivity index (χ2v) is 11.2. The quantitative estimate of drug-likeness (QED) is 0.650. The molecule has 0 aromatic heterocycles. The molecule has 6 nitrogen and oxygen atoms in total. The Morgan fingerprint density at radius 3 is 2.32 bits per heavy atom. The maximum Gasteiger partial charge on any atom is 0.317 e. The Bertz CT molecular complexity index is 1030. The van der Waals surface area contributed by atoms with E-state index < -0.39 is 0 Å². The molecular weight excluding hydrogens is 426 g/mol. The largest absolute Gasteiger partial charge is 0.497 e. The third-order valence-electron chi connectivity index (χ3n) is 7.25. The van der Waals surface area contributed by atoms with Crippen molar-refractivity contribution in [2.24, 2.45) is 10.8 Å². The average molecular weight is 464 g/mol. The predicted molar refractivity (Wildman–Crippen MR) is 134 cm³/mol. The molecule has 0 spiro atoms. The minimum atomic E-state index is -0.142. The molecule has 1 aliphatic heterocycles. The summed E-state index contributed by atoms with van der Waals surface area (Å²) in [4.78, 5) is 29.5. The lowest BCUT2D eigenvalue weighted by atomic mass is 9.65. The number of hydrogen-bond acceptors (Lipinski definition) is 3. The van der Waals surface area contributed by atoms with Crippen LogP contribution in [0, 0.1) is 10.8 Å². The molecule has 2 aromatic carbocycles. The fourth-order valence-corrected chi connectivity index (χ4v) is 6.02. The van der Waals surface area contributed by atoms with Crippen molar-refractivity contribution in [3.05, 3.63) is 65.2 Å². The number of carbonyl (C=O) groups excluding carboxylic acids is 2. The highest BCUT2D eigenvalue weighted by atomic mass is 16.5. The van der Waals surface area contributed by atoms with Gasteiger partial charge in [0.25, 0.3) is 5.91 Å². The third kappa shape index (κ3) is 5.37. The first kappa shape index (κ1) is 24.1. The molecule has 1 saturated heterocycles. The number of rotatable bonds is 6. The molecule has 1 saturated carbocycles. The van der Waals surface area contributed by atoms with E-state index in [1.807, 2.05) is 48.5 Å². The molecule has 1 heterocycles. The zero-order chi connectivity index (χ0) is 24.5. The molecular formula is C28H37N3O3. The van der Waals surface area contributed by atoms with Crippen LogP contribution < -0.4 is 10.1 Å². The Morgan fingerprint density at radius 2 is 1.68 bits per heavy atom. The van der Waals surface area contributed by atoms with Gasteiger partial charge in [-0.15, -0.1) is 0 Å². The predicted octanol–water partition coefficient (Wildman–Crippen LogP) is 5.08. The van der Waals surface area contributed by atoms with Crippen LogP contribution in [-0.2, 0) is 13.1 Å². The van der Waals surface area contributed by atoms with Gasteiger partial charge in [-0.3, -0.25) is 4.79 Å². The van der Waals surface area contributed by atoms with E-state index in [0.717, 1.165) is 41.8 Å². The van der Waals surface area contributed by atoms with E-state index in [0.29, 0.717) is 19.1 Å². The summed E-state index contributed by atoms with van der Waals surface area (Å²) >= 11 is 0. The van der Waals surface area contributed by atoms with Crippen LogP contribution in [0.3, 0.4) is 0 Å². The van der Waals surface area contributed by atoms with Gasteiger partial charge in [-0.25, -0.2) is 4.79 Å². The molecule has 3 amide bonds. The second-order valence-electron chi connectivity index (χ2n) is 11.2. The van der Waals surface area contributed by atoms with E-state index in [1.165, 1.54) is 6.42 Å². The van der Waals surface area contributed by atoms with Crippen LogP contribution in [0.2, 0.25) is 0 Å². The molecule has 1 N–H and O–H groups in total. The number of methoxy groups -OCH3 is 1. The summed E-state index contributed by atoms with van der Waals surface area (Å²) in [5, 5.41) is 2.94. The van der Waals surface area contributed by atoms with Crippen LogP contribution >= 0.6 is 0 Å². The number of nitrogens with one attached hydrogen (secondary N) is 1. The van der Waals surface area contributed by atoms with Gasteiger partial charge in [0, 0.05) is 38.3 Å². The summed E-state index contributed by atoms with van der Waals surface area (Å²) in [7, 11) is 3.40. The van der Waals surface area contributed by atoms with Crippen molar-refractivity contribution in [1.82, 2.24) is 15.1 Å². The van der Waals surface area contributed by atoms with Gasteiger partial charge >= 0.3 is 6.03 Å². The van der Waals surface area contributed by atoms with E-state index >= 15 is 0 Å². The number of benzene rings is 2. The molecule has 0 radical (unpaired) electrons. The van der Waals surface area contributed by atoms with Crippen LogP contribution in [0.15, 0.2) is 48.5 Å². The molecule has 2 aromatic rings. The molecule has 182 valence electrons. The number of likely N-dealkylation sites (tertiary alicyclic amines) is 1. The topological polar surface area (TPSA) is 61.9 Å². The van der Waals surface area contributed by atoms with Gasteiger partial charge in [0.15, 0.2) is 0 Å². The van der Waals surface area contributed by atoms with Crippen LogP contribution in [0.4, 0.5) is 4.79 Å². The summed E-state index contributed by atoms with van der Waals surface area (Å²) in [6, 6.07) is 15.5. The number of nitrogens with zero attached hydrogens (tertiary/aromatic N) is 2. The first-order chi connectivity index (χ1) is 16.1. The fourth-order valence-electron chi connectivity index (χ4n) is 6.02. The molecule has 6 heteroatoms. The SMILES string of the molecule is COc1ccc(CNC(=O)N(C)Cc2ccc(C(=O)N3CC4(C)CC3CC(C)(C)C4)cc2)cc1. The maximum atomic E-state index is 13.3. The van der Waals surface area contributed by atoms with Gasteiger partial charge in [-0.1, -0.05) is 45.0 Å². The van der Waals surface area contributed by atoms with Crippen LogP contribution in [-0.4, -0.2) is 48.5 Å². The monoisotopic (exact) mass is 463 g/mol. The van der Waals surface area contributed by atoms with Crippen molar-refractivity contribution in [1.29, 1.82) is 0 Å². The van der Waals surface area contributed by atoms with Crippen molar-refractivity contribution < 1.29 is 14.3 Å². The number of carbonyl (C=O) groups is 2. The van der Waals surface area contributed by atoms with Gasteiger partial charge in [-0.2, -0.15) is 0 Å². The number of ether oxygens (including phenoxy) is 1. The first-order valence-corrected chi connectivity index (χ1v) is 12.1. The Balaban J connectivity index is 1.31. The van der Waals surface area contributed by atoms with E-state index in [4.69, 9.17) is 4.74 Å². The van der Waals surface area contributed by atoms with Crippen molar-refractivity contribution in [3.63, 3.8) is 0 Å². The summed E-state index contributed by atoms with van der Waals surface area (Å²) < 4.78 is 5.16. The van der Waals surface area contributed by atoms with Crippen molar-refractivity contribution in [3.8, 4) is 5.75 Å². The second kappa shape index (κ2) is 9.32.